The Bertz CT molecular complexity index is 1300. The second kappa shape index (κ2) is 10.5. The van der Waals surface area contributed by atoms with Gasteiger partial charge in [0.1, 0.15) is 11.6 Å². The Labute approximate surface area is 204 Å². The molecule has 35 heavy (non-hydrogen) atoms. The highest BCUT2D eigenvalue weighted by Gasteiger charge is 2.31. The molecule has 0 atom stereocenters. The van der Waals surface area contributed by atoms with Crippen molar-refractivity contribution in [2.24, 2.45) is 0 Å². The molecule has 1 N–H and O–H groups in total. The number of nitrogens with one attached hydrogen (secondary N) is 1. The number of amides is 1. The Morgan fingerprint density at radius 2 is 1.66 bits per heavy atom. The number of anilines is 2. The largest absolute Gasteiger partial charge is 0.484 e. The van der Waals surface area contributed by atoms with Crippen LogP contribution in [0.5, 0.6) is 5.75 Å². The number of carbonyl (C=O) groups excluding carboxylic acids is 1. The van der Waals surface area contributed by atoms with Crippen LogP contribution in [0, 0.1) is 5.82 Å². The lowest BCUT2D eigenvalue weighted by atomic mass is 10.2. The van der Waals surface area contributed by atoms with Gasteiger partial charge in [-0.3, -0.25) is 9.10 Å². The highest BCUT2D eigenvalue weighted by molar-refractivity contribution is 7.92. The van der Waals surface area contributed by atoms with Gasteiger partial charge in [0.2, 0.25) is 10.0 Å². The predicted molar refractivity (Wildman–Crippen MR) is 124 cm³/mol. The predicted octanol–water partition coefficient (Wildman–Crippen LogP) is 5.48. The maximum Gasteiger partial charge on any atom is 0.416 e. The van der Waals surface area contributed by atoms with Gasteiger partial charge < -0.3 is 10.1 Å². The molecule has 6 nitrogen and oxygen atoms in total. The second-order valence-electron chi connectivity index (χ2n) is 7.42. The summed E-state index contributed by atoms with van der Waals surface area (Å²) in [7, 11) is -3.68. The van der Waals surface area contributed by atoms with E-state index in [0.29, 0.717) is 11.3 Å². The van der Waals surface area contributed by atoms with Crippen LogP contribution in [-0.4, -0.2) is 27.2 Å². The molecule has 0 bridgehead atoms. The smallest absolute Gasteiger partial charge is 0.416 e. The highest BCUT2D eigenvalue weighted by Crippen LogP contribution is 2.33. The van der Waals surface area contributed by atoms with Crippen molar-refractivity contribution in [1.82, 2.24) is 0 Å². The van der Waals surface area contributed by atoms with Crippen LogP contribution in [0.25, 0.3) is 0 Å². The van der Waals surface area contributed by atoms with Crippen LogP contribution in [0.2, 0.25) is 5.02 Å². The van der Waals surface area contributed by atoms with Gasteiger partial charge in [-0.1, -0.05) is 23.7 Å². The Hall–Kier alpha value is -3.31. The molecule has 0 radical (unpaired) electrons. The van der Waals surface area contributed by atoms with Crippen LogP contribution >= 0.6 is 11.6 Å². The minimum atomic E-state index is -4.60. The average molecular weight is 531 g/mol. The molecule has 12 heteroatoms. The number of hydrogen-bond acceptors (Lipinski definition) is 4. The number of rotatable bonds is 8. The number of alkyl halides is 3. The first-order valence-corrected chi connectivity index (χ1v) is 12.2. The Kier molecular flexibility index (Phi) is 7.91. The van der Waals surface area contributed by atoms with Gasteiger partial charge in [-0.05, 0) is 60.2 Å². The number of carbonyl (C=O) groups is 1. The van der Waals surface area contributed by atoms with E-state index in [1.54, 1.807) is 0 Å². The van der Waals surface area contributed by atoms with E-state index in [1.165, 1.54) is 48.5 Å². The van der Waals surface area contributed by atoms with Gasteiger partial charge in [0.25, 0.3) is 5.91 Å². The average Bonchev–Trinajstić information content (AvgIpc) is 2.78. The van der Waals surface area contributed by atoms with Crippen molar-refractivity contribution in [1.29, 1.82) is 0 Å². The summed E-state index contributed by atoms with van der Waals surface area (Å²) in [4.78, 5) is 12.1. The first-order chi connectivity index (χ1) is 16.3. The Morgan fingerprint density at radius 1 is 1.03 bits per heavy atom. The van der Waals surface area contributed by atoms with Crippen molar-refractivity contribution in [3.8, 4) is 5.75 Å². The normalized spacial score (nSPS) is 11.7. The molecule has 0 aliphatic rings. The molecular formula is C23H19ClF4N2O4S. The zero-order chi connectivity index (χ0) is 25.8. The van der Waals surface area contributed by atoms with E-state index in [2.05, 4.69) is 5.32 Å². The maximum atomic E-state index is 13.1. The van der Waals surface area contributed by atoms with Crippen LogP contribution < -0.4 is 14.4 Å². The molecule has 0 aliphatic carbocycles. The monoisotopic (exact) mass is 530 g/mol. The first kappa shape index (κ1) is 26.3. The van der Waals surface area contributed by atoms with E-state index in [-0.39, 0.29) is 23.0 Å². The van der Waals surface area contributed by atoms with Crippen LogP contribution in [-0.2, 0) is 27.5 Å². The van der Waals surface area contributed by atoms with Crippen LogP contribution in [0.4, 0.5) is 28.9 Å². The van der Waals surface area contributed by atoms with E-state index in [9.17, 15) is 30.8 Å². The van der Waals surface area contributed by atoms with Gasteiger partial charge in [-0.15, -0.1) is 0 Å². The summed E-state index contributed by atoms with van der Waals surface area (Å²) in [5, 5.41) is 2.19. The summed E-state index contributed by atoms with van der Waals surface area (Å²) < 4.78 is 82.8. The Balaban J connectivity index is 1.65. The lowest BCUT2D eigenvalue weighted by Gasteiger charge is -2.23. The fraction of sp³-hybridized carbons (Fsp3) is 0.174. The molecule has 0 spiro atoms. The van der Waals surface area contributed by atoms with Gasteiger partial charge in [0, 0.05) is 0 Å². The van der Waals surface area contributed by atoms with Crippen molar-refractivity contribution in [3.63, 3.8) is 0 Å². The summed E-state index contributed by atoms with van der Waals surface area (Å²) in [5.41, 5.74) is -0.300. The third kappa shape index (κ3) is 7.33. The second-order valence-corrected chi connectivity index (χ2v) is 9.73. The number of halogens is 5. The molecule has 0 unspecified atom stereocenters. The highest BCUT2D eigenvalue weighted by atomic mass is 35.5. The number of ether oxygens (including phenoxy) is 1. The zero-order valence-corrected chi connectivity index (χ0v) is 19.7. The Morgan fingerprint density at radius 3 is 2.23 bits per heavy atom. The molecule has 3 aromatic rings. The summed E-state index contributed by atoms with van der Waals surface area (Å²) in [5.74, 6) is -0.973. The summed E-state index contributed by atoms with van der Waals surface area (Å²) in [6, 6.07) is 13.7. The van der Waals surface area contributed by atoms with Crippen molar-refractivity contribution in [2.75, 3.05) is 22.5 Å². The number of hydrogen-bond donors (Lipinski definition) is 1. The SMILES string of the molecule is CS(=O)(=O)N(Cc1ccc(F)cc1)c1ccc(OCC(=O)Nc2cc(C(F)(F)F)ccc2Cl)cc1. The molecule has 0 aromatic heterocycles. The minimum Gasteiger partial charge on any atom is -0.484 e. The topological polar surface area (TPSA) is 75.7 Å². The van der Waals surface area contributed by atoms with E-state index >= 15 is 0 Å². The van der Waals surface area contributed by atoms with Crippen molar-refractivity contribution < 1.29 is 35.5 Å². The number of sulfonamides is 1. The van der Waals surface area contributed by atoms with Crippen molar-refractivity contribution in [3.05, 3.63) is 88.7 Å². The lowest BCUT2D eigenvalue weighted by Crippen LogP contribution is -2.29. The molecule has 0 saturated heterocycles. The standard InChI is InChI=1S/C23H19ClF4N2O4S/c1-35(32,33)30(13-15-2-5-17(25)6-3-15)18-7-9-19(10-8-18)34-14-22(31)29-21-12-16(23(26,27)28)4-11-20(21)24/h2-12H,13-14H2,1H3,(H,29,31). The third-order valence-corrected chi connectivity index (χ3v) is 6.17. The van der Waals surface area contributed by atoms with E-state index < -0.39 is 40.1 Å². The van der Waals surface area contributed by atoms with Crippen molar-refractivity contribution >= 4 is 38.9 Å². The molecule has 3 aromatic carbocycles. The van der Waals surface area contributed by atoms with E-state index in [4.69, 9.17) is 16.3 Å². The van der Waals surface area contributed by atoms with Crippen LogP contribution in [0.15, 0.2) is 66.7 Å². The summed E-state index contributed by atoms with van der Waals surface area (Å²) in [6.45, 7) is -0.559. The van der Waals surface area contributed by atoms with E-state index in [0.717, 1.165) is 28.8 Å². The maximum absolute atomic E-state index is 13.1. The third-order valence-electron chi connectivity index (χ3n) is 4.70. The molecule has 0 heterocycles. The molecule has 3 rings (SSSR count). The lowest BCUT2D eigenvalue weighted by molar-refractivity contribution is -0.137. The molecule has 0 fully saturated rings. The number of nitrogens with zero attached hydrogens (tertiary/aromatic N) is 1. The first-order valence-electron chi connectivity index (χ1n) is 9.94. The minimum absolute atomic E-state index is 0.0283. The summed E-state index contributed by atoms with van der Waals surface area (Å²) >= 11 is 5.86. The quantitative estimate of drug-likeness (QED) is 0.391. The zero-order valence-electron chi connectivity index (χ0n) is 18.1. The number of benzene rings is 3. The molecule has 186 valence electrons. The molecule has 0 saturated carbocycles. The molecule has 0 aliphatic heterocycles. The fourth-order valence-corrected chi connectivity index (χ4v) is 4.05. The van der Waals surface area contributed by atoms with Gasteiger partial charge >= 0.3 is 6.18 Å². The van der Waals surface area contributed by atoms with Gasteiger partial charge in [0.05, 0.1) is 34.8 Å². The fourth-order valence-electron chi connectivity index (χ4n) is 3.00. The van der Waals surface area contributed by atoms with E-state index in [1.807, 2.05) is 0 Å². The summed E-state index contributed by atoms with van der Waals surface area (Å²) in [6.07, 6.45) is -3.57. The van der Waals surface area contributed by atoms with Crippen LogP contribution in [0.3, 0.4) is 0 Å². The molecule has 1 amide bonds. The van der Waals surface area contributed by atoms with Crippen LogP contribution in [0.1, 0.15) is 11.1 Å². The van der Waals surface area contributed by atoms with Crippen molar-refractivity contribution in [2.45, 2.75) is 12.7 Å². The van der Waals surface area contributed by atoms with Gasteiger partial charge in [-0.25, -0.2) is 12.8 Å². The molecular weight excluding hydrogens is 512 g/mol. The van der Waals surface area contributed by atoms with Gasteiger partial charge in [-0.2, -0.15) is 13.2 Å². The van der Waals surface area contributed by atoms with Gasteiger partial charge in [0.15, 0.2) is 6.61 Å².